The molecule has 2 aromatic carbocycles. The normalized spacial score (nSPS) is 12.0. The van der Waals surface area contributed by atoms with Crippen LogP contribution in [0.15, 0.2) is 54.9 Å². The minimum Gasteiger partial charge on any atom is -0.495 e. The highest BCUT2D eigenvalue weighted by Gasteiger charge is 2.24. The quantitative estimate of drug-likeness (QED) is 0.321. The van der Waals surface area contributed by atoms with Gasteiger partial charge in [0.2, 0.25) is 0 Å². The van der Waals surface area contributed by atoms with Crippen molar-refractivity contribution in [3.05, 3.63) is 82.4 Å². The summed E-state index contributed by atoms with van der Waals surface area (Å²) >= 11 is 5.85. The molecule has 0 aliphatic heterocycles. The number of pyridine rings is 1. The fourth-order valence-electron chi connectivity index (χ4n) is 3.70. The molecule has 2 heterocycles. The molecule has 0 spiro atoms. The van der Waals surface area contributed by atoms with Gasteiger partial charge >= 0.3 is 0 Å². The van der Waals surface area contributed by atoms with Crippen LogP contribution >= 0.6 is 11.6 Å². The highest BCUT2D eigenvalue weighted by molar-refractivity contribution is 6.30. The third-order valence-electron chi connectivity index (χ3n) is 5.27. The van der Waals surface area contributed by atoms with Crippen molar-refractivity contribution in [3.8, 4) is 17.2 Å². The van der Waals surface area contributed by atoms with Gasteiger partial charge in [-0.25, -0.2) is 9.37 Å². The first-order valence-electron chi connectivity index (χ1n) is 10.4. The van der Waals surface area contributed by atoms with Gasteiger partial charge in [0.1, 0.15) is 29.9 Å². The van der Waals surface area contributed by atoms with Crippen LogP contribution in [0.3, 0.4) is 0 Å². The summed E-state index contributed by atoms with van der Waals surface area (Å²) in [6, 6.07) is 12.0. The van der Waals surface area contributed by atoms with Crippen LogP contribution in [-0.4, -0.2) is 30.8 Å². The molecule has 4 aromatic rings. The van der Waals surface area contributed by atoms with Gasteiger partial charge in [-0.2, -0.15) is 0 Å². The van der Waals surface area contributed by atoms with Gasteiger partial charge in [0.15, 0.2) is 11.5 Å². The number of fused-ring (bicyclic) bond motifs is 1. The number of aromatic nitrogens is 2. The van der Waals surface area contributed by atoms with Gasteiger partial charge in [-0.3, -0.25) is 0 Å². The lowest BCUT2D eigenvalue weighted by Crippen LogP contribution is -2.09. The van der Waals surface area contributed by atoms with E-state index in [0.29, 0.717) is 34.4 Å². The number of H-pyrrole nitrogens is 1. The second-order valence-corrected chi connectivity index (χ2v) is 7.70. The molecule has 8 heteroatoms. The van der Waals surface area contributed by atoms with Crippen molar-refractivity contribution in [3.63, 3.8) is 0 Å². The first-order valence-corrected chi connectivity index (χ1v) is 10.8. The number of nitrogens with zero attached hydrogens (tertiary/aromatic N) is 1. The molecule has 0 amide bonds. The van der Waals surface area contributed by atoms with Gasteiger partial charge in [-0.1, -0.05) is 29.8 Å². The molecule has 0 bridgehead atoms. The number of nitrogens with one attached hydrogen (secondary N) is 1. The molecule has 4 rings (SSSR count). The van der Waals surface area contributed by atoms with E-state index in [0.717, 1.165) is 22.2 Å². The Hall–Kier alpha value is -3.29. The van der Waals surface area contributed by atoms with E-state index in [2.05, 4.69) is 9.97 Å². The Labute approximate surface area is 196 Å². The number of hydrogen-bond donors (Lipinski definition) is 1. The van der Waals surface area contributed by atoms with Crippen LogP contribution in [0.2, 0.25) is 5.02 Å². The summed E-state index contributed by atoms with van der Waals surface area (Å²) in [4.78, 5) is 7.58. The Morgan fingerprint density at radius 3 is 2.67 bits per heavy atom. The first-order chi connectivity index (χ1) is 16.0. The third-order valence-corrected chi connectivity index (χ3v) is 5.51. The minimum atomic E-state index is -0.468. The smallest absolute Gasteiger partial charge is 0.167 e. The molecular formula is C25H24ClFN2O4. The standard InChI is InChI=1S/C25H24ClFN2O4/c1-4-32-24-18(6-5-7-22(24)33-14-15-8-9-16(26)10-21(15)27)23(31-3)20-13-29-25-19(20)11-17(30-2)12-28-25/h5-13,23H,4,14H2,1-3H3,(H,28,29). The summed E-state index contributed by atoms with van der Waals surface area (Å²) in [5.74, 6) is 1.24. The lowest BCUT2D eigenvalue weighted by atomic mass is 10.00. The van der Waals surface area contributed by atoms with Crippen molar-refractivity contribution in [1.29, 1.82) is 0 Å². The van der Waals surface area contributed by atoms with Crippen LogP contribution in [0, 0.1) is 5.82 Å². The lowest BCUT2D eigenvalue weighted by molar-refractivity contribution is 0.133. The van der Waals surface area contributed by atoms with Gasteiger partial charge in [0.05, 0.1) is 19.9 Å². The number of para-hydroxylation sites is 1. The molecule has 2 aromatic heterocycles. The van der Waals surface area contributed by atoms with E-state index in [4.69, 9.17) is 30.5 Å². The SMILES string of the molecule is CCOc1c(OCc2ccc(Cl)cc2F)cccc1C(OC)c1c[nH]c2ncc(OC)cc12. The molecule has 0 aliphatic rings. The maximum absolute atomic E-state index is 14.2. The van der Waals surface area contributed by atoms with Crippen LogP contribution in [-0.2, 0) is 11.3 Å². The van der Waals surface area contributed by atoms with Gasteiger partial charge in [0, 0.05) is 40.4 Å². The van der Waals surface area contributed by atoms with Crippen LogP contribution in [0.4, 0.5) is 4.39 Å². The summed E-state index contributed by atoms with van der Waals surface area (Å²) in [5, 5.41) is 1.21. The van der Waals surface area contributed by atoms with Crippen molar-refractivity contribution in [2.75, 3.05) is 20.8 Å². The maximum atomic E-state index is 14.2. The van der Waals surface area contributed by atoms with E-state index >= 15 is 0 Å². The summed E-state index contributed by atoms with van der Waals surface area (Å²) in [6.45, 7) is 2.34. The second kappa shape index (κ2) is 10.1. The van der Waals surface area contributed by atoms with Crippen LogP contribution in [0.5, 0.6) is 17.2 Å². The predicted molar refractivity (Wildman–Crippen MR) is 125 cm³/mol. The number of aromatic amines is 1. The molecular weight excluding hydrogens is 447 g/mol. The molecule has 0 radical (unpaired) electrons. The van der Waals surface area contributed by atoms with Crippen molar-refractivity contribution < 1.29 is 23.3 Å². The molecule has 33 heavy (non-hydrogen) atoms. The topological polar surface area (TPSA) is 65.6 Å². The number of halogens is 2. The monoisotopic (exact) mass is 470 g/mol. The third kappa shape index (κ3) is 4.74. The Kier molecular flexibility index (Phi) is 7.01. The average molecular weight is 471 g/mol. The van der Waals surface area contributed by atoms with E-state index < -0.39 is 11.9 Å². The Morgan fingerprint density at radius 2 is 1.94 bits per heavy atom. The fourth-order valence-corrected chi connectivity index (χ4v) is 3.86. The largest absolute Gasteiger partial charge is 0.495 e. The highest BCUT2D eigenvalue weighted by Crippen LogP contribution is 2.41. The molecule has 172 valence electrons. The average Bonchev–Trinajstić information content (AvgIpc) is 3.23. The van der Waals surface area contributed by atoms with Gasteiger partial charge in [-0.05, 0) is 31.2 Å². The number of hydrogen-bond acceptors (Lipinski definition) is 5. The molecule has 0 aliphatic carbocycles. The Morgan fingerprint density at radius 1 is 1.09 bits per heavy atom. The van der Waals surface area contributed by atoms with Gasteiger partial charge in [-0.15, -0.1) is 0 Å². The van der Waals surface area contributed by atoms with E-state index in [1.54, 1.807) is 38.6 Å². The van der Waals surface area contributed by atoms with Gasteiger partial charge in [0.25, 0.3) is 0 Å². The first kappa shape index (κ1) is 22.9. The number of rotatable bonds is 9. The summed E-state index contributed by atoms with van der Waals surface area (Å²) in [7, 11) is 3.23. The maximum Gasteiger partial charge on any atom is 0.167 e. The molecule has 0 saturated heterocycles. The van der Waals surface area contributed by atoms with Crippen LogP contribution < -0.4 is 14.2 Å². The van der Waals surface area contributed by atoms with Crippen molar-refractivity contribution in [2.24, 2.45) is 0 Å². The van der Waals surface area contributed by atoms with Crippen LogP contribution in [0.25, 0.3) is 11.0 Å². The number of methoxy groups -OCH3 is 2. The molecule has 1 unspecified atom stereocenters. The van der Waals surface area contributed by atoms with E-state index in [-0.39, 0.29) is 6.61 Å². The Bertz CT molecular complexity index is 1260. The summed E-state index contributed by atoms with van der Waals surface area (Å²) in [5.41, 5.74) is 2.76. The molecule has 0 saturated carbocycles. The number of ether oxygens (including phenoxy) is 4. The molecule has 6 nitrogen and oxygen atoms in total. The number of benzene rings is 2. The zero-order valence-corrected chi connectivity index (χ0v) is 19.3. The lowest BCUT2D eigenvalue weighted by Gasteiger charge is -2.21. The van der Waals surface area contributed by atoms with Crippen molar-refractivity contribution in [2.45, 2.75) is 19.6 Å². The van der Waals surface area contributed by atoms with Gasteiger partial charge < -0.3 is 23.9 Å². The minimum absolute atomic E-state index is 0.0262. The fraction of sp³-hybridized carbons (Fsp3) is 0.240. The zero-order chi connectivity index (χ0) is 23.4. The predicted octanol–water partition coefficient (Wildman–Crippen LogP) is 6.08. The second-order valence-electron chi connectivity index (χ2n) is 7.26. The molecule has 1 N–H and O–H groups in total. The zero-order valence-electron chi connectivity index (χ0n) is 18.5. The highest BCUT2D eigenvalue weighted by atomic mass is 35.5. The van der Waals surface area contributed by atoms with Crippen molar-refractivity contribution in [1.82, 2.24) is 9.97 Å². The Balaban J connectivity index is 1.72. The van der Waals surface area contributed by atoms with Crippen molar-refractivity contribution >= 4 is 22.6 Å². The van der Waals surface area contributed by atoms with Crippen LogP contribution in [0.1, 0.15) is 29.7 Å². The molecule has 1 atom stereocenters. The van der Waals surface area contributed by atoms with E-state index in [1.807, 2.05) is 31.3 Å². The van der Waals surface area contributed by atoms with E-state index in [9.17, 15) is 4.39 Å². The summed E-state index contributed by atoms with van der Waals surface area (Å²) in [6.07, 6.45) is 3.04. The molecule has 0 fully saturated rings. The van der Waals surface area contributed by atoms with E-state index in [1.165, 1.54) is 6.07 Å². The summed E-state index contributed by atoms with van der Waals surface area (Å²) < 4.78 is 37.4.